The first-order valence-corrected chi connectivity index (χ1v) is 6.98. The molecule has 0 unspecified atom stereocenters. The summed E-state index contributed by atoms with van der Waals surface area (Å²) < 4.78 is 0. The van der Waals surface area contributed by atoms with Crippen LogP contribution >= 0.6 is 11.3 Å². The summed E-state index contributed by atoms with van der Waals surface area (Å²) in [5.41, 5.74) is 1.24. The van der Waals surface area contributed by atoms with Gasteiger partial charge in [-0.25, -0.2) is 4.98 Å². The van der Waals surface area contributed by atoms with E-state index in [1.165, 1.54) is 11.3 Å². The molecule has 0 aliphatic heterocycles. The summed E-state index contributed by atoms with van der Waals surface area (Å²) in [6.45, 7) is 5.66. The van der Waals surface area contributed by atoms with Crippen molar-refractivity contribution < 1.29 is 9.90 Å². The fourth-order valence-corrected chi connectivity index (χ4v) is 2.31. The van der Waals surface area contributed by atoms with Crippen LogP contribution in [-0.4, -0.2) is 26.0 Å². The summed E-state index contributed by atoms with van der Waals surface area (Å²) in [6.07, 6.45) is 3.41. The van der Waals surface area contributed by atoms with E-state index in [2.05, 4.69) is 20.3 Å². The lowest BCUT2D eigenvalue weighted by molar-refractivity contribution is -0.142. The molecule has 0 fully saturated rings. The predicted molar refractivity (Wildman–Crippen MR) is 76.9 cm³/mol. The van der Waals surface area contributed by atoms with Gasteiger partial charge in [0.1, 0.15) is 5.41 Å². The van der Waals surface area contributed by atoms with Crippen molar-refractivity contribution in [2.75, 3.05) is 5.32 Å². The van der Waals surface area contributed by atoms with Crippen molar-refractivity contribution in [3.8, 4) is 0 Å². The van der Waals surface area contributed by atoms with Crippen LogP contribution in [0.25, 0.3) is 0 Å². The van der Waals surface area contributed by atoms with Crippen molar-refractivity contribution in [3.63, 3.8) is 0 Å². The van der Waals surface area contributed by atoms with E-state index in [1.807, 2.05) is 6.92 Å². The Labute approximate surface area is 120 Å². The first-order chi connectivity index (χ1) is 9.39. The second-order valence-electron chi connectivity index (χ2n) is 4.97. The molecule has 6 nitrogen and oxygen atoms in total. The summed E-state index contributed by atoms with van der Waals surface area (Å²) in [5, 5.41) is 14.7. The number of aliphatic carboxylic acids is 1. The highest BCUT2D eigenvalue weighted by molar-refractivity contribution is 7.13. The number of carboxylic acid groups (broad SMARTS) is 1. The SMILES string of the molecule is Cc1cnc(CNc2nc(C(C)(C)C(=O)O)cs2)cn1. The highest BCUT2D eigenvalue weighted by Gasteiger charge is 2.32. The number of aromatic nitrogens is 3. The number of rotatable bonds is 5. The van der Waals surface area contributed by atoms with Crippen molar-refractivity contribution in [1.82, 2.24) is 15.0 Å². The molecular weight excluding hydrogens is 276 g/mol. The number of nitrogens with one attached hydrogen (secondary N) is 1. The number of anilines is 1. The van der Waals surface area contributed by atoms with Gasteiger partial charge in [-0.1, -0.05) is 0 Å². The molecule has 20 heavy (non-hydrogen) atoms. The molecule has 106 valence electrons. The number of carboxylic acids is 1. The van der Waals surface area contributed by atoms with E-state index in [1.54, 1.807) is 31.6 Å². The van der Waals surface area contributed by atoms with Gasteiger partial charge in [-0.3, -0.25) is 14.8 Å². The molecular formula is C13H16N4O2S. The summed E-state index contributed by atoms with van der Waals surface area (Å²) in [4.78, 5) is 23.9. The van der Waals surface area contributed by atoms with Crippen LogP contribution in [-0.2, 0) is 16.8 Å². The number of carbonyl (C=O) groups is 1. The van der Waals surface area contributed by atoms with Crippen LogP contribution in [0.4, 0.5) is 5.13 Å². The molecule has 2 aromatic heterocycles. The third-order valence-corrected chi connectivity index (χ3v) is 3.73. The number of hydrogen-bond acceptors (Lipinski definition) is 6. The van der Waals surface area contributed by atoms with Gasteiger partial charge >= 0.3 is 5.97 Å². The summed E-state index contributed by atoms with van der Waals surface area (Å²) in [6, 6.07) is 0. The zero-order chi connectivity index (χ0) is 14.8. The molecule has 7 heteroatoms. The molecule has 0 saturated heterocycles. The smallest absolute Gasteiger partial charge is 0.315 e. The molecule has 0 saturated carbocycles. The third kappa shape index (κ3) is 3.11. The molecule has 2 N–H and O–H groups in total. The van der Waals surface area contributed by atoms with E-state index >= 15 is 0 Å². The van der Waals surface area contributed by atoms with E-state index in [4.69, 9.17) is 5.11 Å². The third-order valence-electron chi connectivity index (χ3n) is 2.93. The lowest BCUT2D eigenvalue weighted by atomic mass is 9.90. The average molecular weight is 292 g/mol. The molecule has 0 bridgehead atoms. The van der Waals surface area contributed by atoms with Crippen LogP contribution in [0.15, 0.2) is 17.8 Å². The quantitative estimate of drug-likeness (QED) is 0.878. The second kappa shape index (κ2) is 5.54. The fraction of sp³-hybridized carbons (Fsp3) is 0.385. The van der Waals surface area contributed by atoms with Crippen molar-refractivity contribution in [1.29, 1.82) is 0 Å². The lowest BCUT2D eigenvalue weighted by Gasteiger charge is -2.15. The minimum absolute atomic E-state index is 0.508. The number of thiazole rings is 1. The molecule has 2 heterocycles. The van der Waals surface area contributed by atoms with Gasteiger partial charge in [-0.15, -0.1) is 11.3 Å². The molecule has 0 aliphatic rings. The van der Waals surface area contributed by atoms with E-state index in [-0.39, 0.29) is 0 Å². The van der Waals surface area contributed by atoms with Gasteiger partial charge < -0.3 is 10.4 Å². The molecule has 2 rings (SSSR count). The maximum atomic E-state index is 11.2. The first-order valence-electron chi connectivity index (χ1n) is 6.10. The highest BCUT2D eigenvalue weighted by Crippen LogP contribution is 2.27. The van der Waals surface area contributed by atoms with Gasteiger partial charge in [0.2, 0.25) is 0 Å². The summed E-state index contributed by atoms with van der Waals surface area (Å²) in [7, 11) is 0. The van der Waals surface area contributed by atoms with E-state index in [9.17, 15) is 4.79 Å². The molecule has 0 spiro atoms. The number of aryl methyl sites for hydroxylation is 1. The predicted octanol–water partition coefficient (Wildman–Crippen LogP) is 2.22. The minimum atomic E-state index is -0.986. The molecule has 2 aromatic rings. The summed E-state index contributed by atoms with van der Waals surface area (Å²) >= 11 is 1.38. The van der Waals surface area contributed by atoms with Crippen LogP contribution in [0.1, 0.15) is 30.9 Å². The molecule has 0 atom stereocenters. The van der Waals surface area contributed by atoms with Gasteiger partial charge in [0, 0.05) is 11.6 Å². The molecule has 0 amide bonds. The van der Waals surface area contributed by atoms with Crippen molar-refractivity contribution >= 4 is 22.4 Å². The fourth-order valence-electron chi connectivity index (χ4n) is 1.43. The van der Waals surface area contributed by atoms with Gasteiger partial charge in [-0.2, -0.15) is 0 Å². The Morgan fingerprint density at radius 2 is 2.15 bits per heavy atom. The van der Waals surface area contributed by atoms with E-state index in [0.29, 0.717) is 17.4 Å². The van der Waals surface area contributed by atoms with Crippen LogP contribution in [0.3, 0.4) is 0 Å². The normalized spacial score (nSPS) is 11.3. The van der Waals surface area contributed by atoms with Gasteiger partial charge in [-0.05, 0) is 20.8 Å². The largest absolute Gasteiger partial charge is 0.481 e. The Kier molecular flexibility index (Phi) is 3.99. The Morgan fingerprint density at radius 1 is 1.40 bits per heavy atom. The highest BCUT2D eigenvalue weighted by atomic mass is 32.1. The Balaban J connectivity index is 2.03. The molecule has 0 radical (unpaired) electrons. The van der Waals surface area contributed by atoms with Crippen LogP contribution in [0.5, 0.6) is 0 Å². The standard InChI is InChI=1S/C13H16N4O2S/c1-8-4-15-9(5-14-8)6-16-12-17-10(7-20-12)13(2,3)11(18)19/h4-5,7H,6H2,1-3H3,(H,16,17)(H,18,19). The van der Waals surface area contributed by atoms with Crippen molar-refractivity contribution in [2.45, 2.75) is 32.7 Å². The topological polar surface area (TPSA) is 88.0 Å². The minimum Gasteiger partial charge on any atom is -0.481 e. The Bertz CT molecular complexity index is 607. The Morgan fingerprint density at radius 3 is 2.75 bits per heavy atom. The van der Waals surface area contributed by atoms with E-state index < -0.39 is 11.4 Å². The van der Waals surface area contributed by atoms with Gasteiger partial charge in [0.25, 0.3) is 0 Å². The van der Waals surface area contributed by atoms with Crippen LogP contribution in [0, 0.1) is 6.92 Å². The van der Waals surface area contributed by atoms with Crippen LogP contribution in [0.2, 0.25) is 0 Å². The average Bonchev–Trinajstić information content (AvgIpc) is 2.87. The zero-order valence-electron chi connectivity index (χ0n) is 11.5. The van der Waals surface area contributed by atoms with Crippen molar-refractivity contribution in [3.05, 3.63) is 34.9 Å². The molecule has 0 aromatic carbocycles. The molecule has 0 aliphatic carbocycles. The number of hydrogen-bond donors (Lipinski definition) is 2. The van der Waals surface area contributed by atoms with Gasteiger partial charge in [0.05, 0.1) is 29.8 Å². The monoisotopic (exact) mass is 292 g/mol. The van der Waals surface area contributed by atoms with E-state index in [0.717, 1.165) is 11.4 Å². The lowest BCUT2D eigenvalue weighted by Crippen LogP contribution is -2.28. The Hall–Kier alpha value is -2.02. The first kappa shape index (κ1) is 14.4. The van der Waals surface area contributed by atoms with Crippen molar-refractivity contribution in [2.24, 2.45) is 0 Å². The van der Waals surface area contributed by atoms with Gasteiger partial charge in [0.15, 0.2) is 5.13 Å². The number of nitrogens with zero attached hydrogens (tertiary/aromatic N) is 3. The summed E-state index contributed by atoms with van der Waals surface area (Å²) in [5.74, 6) is -0.890. The van der Waals surface area contributed by atoms with Crippen LogP contribution < -0.4 is 5.32 Å². The second-order valence-corrected chi connectivity index (χ2v) is 5.83. The maximum absolute atomic E-state index is 11.2. The maximum Gasteiger partial charge on any atom is 0.315 e. The zero-order valence-corrected chi connectivity index (χ0v) is 12.4.